The van der Waals surface area contributed by atoms with Crippen molar-refractivity contribution in [3.05, 3.63) is 54.0 Å². The van der Waals surface area contributed by atoms with E-state index in [2.05, 4.69) is 10.9 Å². The quantitative estimate of drug-likeness (QED) is 0.466. The largest absolute Gasteiger partial charge is 0.459 e. The molecule has 2 heterocycles. The van der Waals surface area contributed by atoms with Gasteiger partial charge in [-0.1, -0.05) is 6.07 Å². The maximum absolute atomic E-state index is 11.6. The maximum Gasteiger partial charge on any atom is 0.331 e. The zero-order chi connectivity index (χ0) is 18.4. The van der Waals surface area contributed by atoms with Gasteiger partial charge in [-0.25, -0.2) is 4.79 Å². The van der Waals surface area contributed by atoms with Crippen LogP contribution in [0.5, 0.6) is 11.5 Å². The molecule has 0 atom stereocenters. The third-order valence-corrected chi connectivity index (χ3v) is 3.21. The van der Waals surface area contributed by atoms with Crippen LogP contribution < -0.4 is 20.3 Å². The third kappa shape index (κ3) is 4.41. The van der Waals surface area contributed by atoms with E-state index in [0.29, 0.717) is 17.1 Å². The molecule has 9 heteroatoms. The van der Waals surface area contributed by atoms with Gasteiger partial charge < -0.3 is 18.6 Å². The van der Waals surface area contributed by atoms with Crippen molar-refractivity contribution in [2.75, 3.05) is 13.4 Å². The highest BCUT2D eigenvalue weighted by Gasteiger charge is 2.13. The van der Waals surface area contributed by atoms with Gasteiger partial charge >= 0.3 is 11.9 Å². The van der Waals surface area contributed by atoms with E-state index >= 15 is 0 Å². The van der Waals surface area contributed by atoms with Crippen LogP contribution in [0, 0.1) is 0 Å². The van der Waals surface area contributed by atoms with E-state index in [1.54, 1.807) is 18.2 Å². The van der Waals surface area contributed by atoms with Crippen LogP contribution in [0.4, 0.5) is 0 Å². The molecule has 0 aliphatic carbocycles. The second-order valence-electron chi connectivity index (χ2n) is 5.03. The molecule has 3 rings (SSSR count). The number of furan rings is 1. The maximum atomic E-state index is 11.6. The van der Waals surface area contributed by atoms with E-state index in [4.69, 9.17) is 18.6 Å². The predicted octanol–water partition coefficient (Wildman–Crippen LogP) is 1.03. The van der Waals surface area contributed by atoms with Crippen molar-refractivity contribution in [2.45, 2.75) is 0 Å². The molecule has 0 radical (unpaired) electrons. The summed E-state index contributed by atoms with van der Waals surface area (Å²) < 4.78 is 20.0. The van der Waals surface area contributed by atoms with Gasteiger partial charge in [0, 0.05) is 6.08 Å². The highest BCUT2D eigenvalue weighted by Crippen LogP contribution is 2.32. The topological polar surface area (TPSA) is 116 Å². The van der Waals surface area contributed by atoms with Crippen LogP contribution >= 0.6 is 0 Å². The average Bonchev–Trinajstić information content (AvgIpc) is 3.33. The Hall–Kier alpha value is -3.75. The summed E-state index contributed by atoms with van der Waals surface area (Å²) in [6, 6.07) is 8.15. The lowest BCUT2D eigenvalue weighted by atomic mass is 10.2. The zero-order valence-electron chi connectivity index (χ0n) is 13.4. The lowest BCUT2D eigenvalue weighted by Gasteiger charge is -2.05. The Labute approximate surface area is 147 Å². The lowest BCUT2D eigenvalue weighted by Crippen LogP contribution is -2.43. The Morgan fingerprint density at radius 1 is 1.12 bits per heavy atom. The number of rotatable bonds is 5. The van der Waals surface area contributed by atoms with Crippen LogP contribution in [0.1, 0.15) is 16.1 Å². The minimum atomic E-state index is -0.713. The number of benzene rings is 1. The van der Waals surface area contributed by atoms with Gasteiger partial charge in [0.1, 0.15) is 0 Å². The number of amides is 2. The van der Waals surface area contributed by atoms with Gasteiger partial charge in [0.2, 0.25) is 6.79 Å². The fraction of sp³-hybridized carbons (Fsp3) is 0.118. The molecule has 1 aliphatic rings. The predicted molar refractivity (Wildman–Crippen MR) is 86.9 cm³/mol. The molecule has 134 valence electrons. The zero-order valence-corrected chi connectivity index (χ0v) is 13.4. The van der Waals surface area contributed by atoms with Crippen molar-refractivity contribution in [1.82, 2.24) is 10.9 Å². The van der Waals surface area contributed by atoms with Crippen LogP contribution in [-0.4, -0.2) is 31.2 Å². The number of nitrogens with one attached hydrogen (secondary N) is 2. The fourth-order valence-corrected chi connectivity index (χ4v) is 2.00. The van der Waals surface area contributed by atoms with Crippen molar-refractivity contribution in [3.8, 4) is 11.5 Å². The van der Waals surface area contributed by atoms with E-state index in [9.17, 15) is 14.4 Å². The number of hydrazine groups is 1. The summed E-state index contributed by atoms with van der Waals surface area (Å²) in [5.74, 6) is -0.776. The first-order valence-electron chi connectivity index (χ1n) is 7.49. The summed E-state index contributed by atoms with van der Waals surface area (Å²) in [5, 5.41) is 0. The second-order valence-corrected chi connectivity index (χ2v) is 5.03. The number of carbonyl (C=O) groups is 3. The van der Waals surface area contributed by atoms with Crippen LogP contribution in [0.2, 0.25) is 0 Å². The first-order valence-corrected chi connectivity index (χ1v) is 7.49. The van der Waals surface area contributed by atoms with Crippen LogP contribution in [-0.2, 0) is 14.3 Å². The second kappa shape index (κ2) is 7.88. The van der Waals surface area contributed by atoms with Crippen LogP contribution in [0.25, 0.3) is 6.08 Å². The molecule has 1 aromatic carbocycles. The Kier molecular flexibility index (Phi) is 5.18. The molecule has 26 heavy (non-hydrogen) atoms. The molecule has 0 saturated heterocycles. The van der Waals surface area contributed by atoms with Gasteiger partial charge in [-0.15, -0.1) is 0 Å². The Balaban J connectivity index is 1.40. The van der Waals surface area contributed by atoms with Gasteiger partial charge in [-0.2, -0.15) is 0 Å². The number of hydrogen-bond donors (Lipinski definition) is 2. The van der Waals surface area contributed by atoms with Crippen molar-refractivity contribution >= 4 is 23.9 Å². The molecule has 0 spiro atoms. The summed E-state index contributed by atoms with van der Waals surface area (Å²) >= 11 is 0. The average molecular weight is 358 g/mol. The summed E-state index contributed by atoms with van der Waals surface area (Å²) in [7, 11) is 0. The van der Waals surface area contributed by atoms with Crippen molar-refractivity contribution in [3.63, 3.8) is 0 Å². The summed E-state index contributed by atoms with van der Waals surface area (Å²) in [5.41, 5.74) is 4.93. The van der Waals surface area contributed by atoms with Crippen LogP contribution in [0.3, 0.4) is 0 Å². The minimum Gasteiger partial charge on any atom is -0.459 e. The van der Waals surface area contributed by atoms with Gasteiger partial charge in [-0.3, -0.25) is 20.4 Å². The molecule has 2 aromatic rings. The fourth-order valence-electron chi connectivity index (χ4n) is 2.00. The first-order chi connectivity index (χ1) is 12.6. The van der Waals surface area contributed by atoms with E-state index in [1.165, 1.54) is 30.5 Å². The number of carbonyl (C=O) groups excluding carboxylic acids is 3. The first kappa shape index (κ1) is 17.1. The number of esters is 1. The molecule has 0 bridgehead atoms. The SMILES string of the molecule is O=C(COC(=O)/C=C/c1ccc2c(c1)OCO2)NNC(=O)c1ccco1. The molecule has 1 aromatic heterocycles. The summed E-state index contributed by atoms with van der Waals surface area (Å²) in [4.78, 5) is 34.7. The Morgan fingerprint density at radius 2 is 1.96 bits per heavy atom. The monoisotopic (exact) mass is 358 g/mol. The van der Waals surface area contributed by atoms with Gasteiger partial charge in [0.05, 0.1) is 6.26 Å². The molecular weight excluding hydrogens is 344 g/mol. The smallest absolute Gasteiger partial charge is 0.331 e. The van der Waals surface area contributed by atoms with E-state index < -0.39 is 24.4 Å². The van der Waals surface area contributed by atoms with Crippen molar-refractivity contribution < 1.29 is 33.0 Å². The highest BCUT2D eigenvalue weighted by molar-refractivity contribution is 5.93. The molecule has 0 unspecified atom stereocenters. The third-order valence-electron chi connectivity index (χ3n) is 3.21. The summed E-state index contributed by atoms with van der Waals surface area (Å²) in [6.07, 6.45) is 4.01. The molecule has 9 nitrogen and oxygen atoms in total. The number of fused-ring (bicyclic) bond motifs is 1. The molecular formula is C17H14N2O7. The van der Waals surface area contributed by atoms with E-state index in [-0.39, 0.29) is 12.6 Å². The molecule has 1 aliphatic heterocycles. The van der Waals surface area contributed by atoms with Gasteiger partial charge in [0.15, 0.2) is 23.9 Å². The standard InChI is InChI=1S/C17H14N2O7/c20-15(18-19-17(22)13-2-1-7-23-13)9-24-16(21)6-4-11-3-5-12-14(8-11)26-10-25-12/h1-8H,9-10H2,(H,18,20)(H,19,22)/b6-4+. The van der Waals surface area contributed by atoms with E-state index in [0.717, 1.165) is 0 Å². The van der Waals surface area contributed by atoms with E-state index in [1.807, 2.05) is 0 Å². The molecule has 0 fully saturated rings. The number of ether oxygens (including phenoxy) is 3. The minimum absolute atomic E-state index is 0.0361. The Morgan fingerprint density at radius 3 is 2.77 bits per heavy atom. The normalized spacial score (nSPS) is 12.0. The summed E-state index contributed by atoms with van der Waals surface area (Å²) in [6.45, 7) is -0.390. The Bertz CT molecular complexity index is 843. The molecule has 0 saturated carbocycles. The lowest BCUT2D eigenvalue weighted by molar-refractivity contribution is -0.144. The van der Waals surface area contributed by atoms with Gasteiger partial charge in [0.25, 0.3) is 5.91 Å². The van der Waals surface area contributed by atoms with Crippen LogP contribution in [0.15, 0.2) is 47.1 Å². The molecule has 2 N–H and O–H groups in total. The highest BCUT2D eigenvalue weighted by atomic mass is 16.7. The van der Waals surface area contributed by atoms with Crippen molar-refractivity contribution in [2.24, 2.45) is 0 Å². The van der Waals surface area contributed by atoms with Gasteiger partial charge in [-0.05, 0) is 35.9 Å². The van der Waals surface area contributed by atoms with Crippen molar-refractivity contribution in [1.29, 1.82) is 0 Å². The number of hydrogen-bond acceptors (Lipinski definition) is 7. The molecule has 2 amide bonds.